The highest BCUT2D eigenvalue weighted by Crippen LogP contribution is 2.25. The van der Waals surface area contributed by atoms with Gasteiger partial charge in [0.2, 0.25) is 5.91 Å². The van der Waals surface area contributed by atoms with Crippen molar-refractivity contribution >= 4 is 33.6 Å². The third kappa shape index (κ3) is 6.92. The lowest BCUT2D eigenvalue weighted by atomic mass is 10.1. The number of carbonyl (C=O) groups excluding carboxylic acids is 2. The van der Waals surface area contributed by atoms with Gasteiger partial charge in [0.15, 0.2) is 0 Å². The maximum absolute atomic E-state index is 13.6. The zero-order chi connectivity index (χ0) is 26.2. The van der Waals surface area contributed by atoms with Crippen LogP contribution in [0.5, 0.6) is 0 Å². The van der Waals surface area contributed by atoms with E-state index >= 15 is 0 Å². The number of benzene rings is 3. The lowest BCUT2D eigenvalue weighted by Gasteiger charge is -2.22. The van der Waals surface area contributed by atoms with Crippen LogP contribution in [0.25, 0.3) is 16.9 Å². The maximum Gasteiger partial charge on any atom is 0.254 e. The number of nitrogens with zero attached hydrogens (tertiary/aromatic N) is 3. The van der Waals surface area contributed by atoms with Crippen LogP contribution in [0.3, 0.4) is 0 Å². The predicted molar refractivity (Wildman–Crippen MR) is 147 cm³/mol. The second-order valence-electron chi connectivity index (χ2n) is 8.66. The monoisotopic (exact) mass is 562 g/mol. The van der Waals surface area contributed by atoms with Gasteiger partial charge in [0.25, 0.3) is 5.91 Å². The molecule has 4 aromatic rings. The summed E-state index contributed by atoms with van der Waals surface area (Å²) in [5, 5.41) is 7.58. The molecule has 0 radical (unpaired) electrons. The zero-order valence-electron chi connectivity index (χ0n) is 20.5. The van der Waals surface area contributed by atoms with E-state index < -0.39 is 0 Å². The Labute approximate surface area is 224 Å². The van der Waals surface area contributed by atoms with Gasteiger partial charge in [-0.3, -0.25) is 9.59 Å². The normalized spacial score (nSPS) is 10.8. The number of unbranched alkanes of at least 4 members (excludes halogenated alkanes) is 2. The Morgan fingerprint density at radius 1 is 0.973 bits per heavy atom. The molecule has 6 nitrogen and oxygen atoms in total. The number of carbonyl (C=O) groups is 2. The van der Waals surface area contributed by atoms with E-state index in [0.29, 0.717) is 29.3 Å². The third-order valence-electron chi connectivity index (χ3n) is 5.84. The first-order valence-corrected chi connectivity index (χ1v) is 13.0. The van der Waals surface area contributed by atoms with Crippen LogP contribution in [0.15, 0.2) is 89.4 Å². The smallest absolute Gasteiger partial charge is 0.254 e. The Hall–Kier alpha value is -3.78. The van der Waals surface area contributed by atoms with Gasteiger partial charge in [-0.25, -0.2) is 9.07 Å². The van der Waals surface area contributed by atoms with Crippen molar-refractivity contribution in [3.05, 3.63) is 101 Å². The molecule has 3 aromatic carbocycles. The molecular weight excluding hydrogens is 535 g/mol. The maximum atomic E-state index is 13.6. The van der Waals surface area contributed by atoms with Crippen LogP contribution in [-0.4, -0.2) is 39.6 Å². The number of hydrogen-bond acceptors (Lipinski definition) is 3. The highest BCUT2D eigenvalue weighted by molar-refractivity contribution is 9.10. The van der Waals surface area contributed by atoms with Gasteiger partial charge in [0.05, 0.1) is 11.4 Å². The highest BCUT2D eigenvalue weighted by atomic mass is 79.9. The molecule has 1 heterocycles. The van der Waals surface area contributed by atoms with Crippen molar-refractivity contribution in [2.45, 2.75) is 26.2 Å². The molecule has 0 saturated heterocycles. The van der Waals surface area contributed by atoms with Crippen LogP contribution in [0.1, 0.15) is 36.5 Å². The standard InChI is InChI=1S/C29H28BrFN4O2/c1-2-3-7-17-34(29(37)22-11-8-12-23(30)18-22)20-28(36)32-27-19-26(21-9-5-4-6-10-21)33-35(27)25-15-13-24(31)14-16-25/h4-6,8-16,18-19H,2-3,7,17,20H2,1H3,(H,32,36). The van der Waals surface area contributed by atoms with Crippen LogP contribution in [-0.2, 0) is 4.79 Å². The number of rotatable bonds is 10. The molecule has 0 aliphatic carbocycles. The summed E-state index contributed by atoms with van der Waals surface area (Å²) in [4.78, 5) is 28.1. The van der Waals surface area contributed by atoms with E-state index in [2.05, 4.69) is 33.3 Å². The van der Waals surface area contributed by atoms with Gasteiger partial charge in [-0.2, -0.15) is 5.10 Å². The largest absolute Gasteiger partial charge is 0.329 e. The molecule has 1 N–H and O–H groups in total. The summed E-state index contributed by atoms with van der Waals surface area (Å²) in [7, 11) is 0. The molecule has 0 spiro atoms. The number of halogens is 2. The van der Waals surface area contributed by atoms with Crippen molar-refractivity contribution < 1.29 is 14.0 Å². The first-order chi connectivity index (χ1) is 17.9. The summed E-state index contributed by atoms with van der Waals surface area (Å²) < 4.78 is 15.9. The van der Waals surface area contributed by atoms with Crippen molar-refractivity contribution in [1.29, 1.82) is 0 Å². The fourth-order valence-electron chi connectivity index (χ4n) is 3.96. The second kappa shape index (κ2) is 12.5. The first-order valence-electron chi connectivity index (χ1n) is 12.2. The van der Waals surface area contributed by atoms with Crippen molar-refractivity contribution in [3.63, 3.8) is 0 Å². The average molecular weight is 563 g/mol. The average Bonchev–Trinajstić information content (AvgIpc) is 3.32. The number of amides is 2. The Balaban J connectivity index is 1.59. The van der Waals surface area contributed by atoms with Crippen LogP contribution < -0.4 is 5.32 Å². The first kappa shape index (κ1) is 26.3. The summed E-state index contributed by atoms with van der Waals surface area (Å²) >= 11 is 3.41. The summed E-state index contributed by atoms with van der Waals surface area (Å²) in [6.07, 6.45) is 2.76. The molecule has 0 fully saturated rings. The highest BCUT2D eigenvalue weighted by Gasteiger charge is 2.21. The van der Waals surface area contributed by atoms with Crippen molar-refractivity contribution in [1.82, 2.24) is 14.7 Å². The van der Waals surface area contributed by atoms with Gasteiger partial charge in [0, 0.05) is 28.2 Å². The van der Waals surface area contributed by atoms with Crippen molar-refractivity contribution in [3.8, 4) is 16.9 Å². The van der Waals surface area contributed by atoms with Crippen molar-refractivity contribution in [2.24, 2.45) is 0 Å². The van der Waals surface area contributed by atoms with E-state index in [1.54, 1.807) is 46.0 Å². The Kier molecular flexibility index (Phi) is 8.85. The molecule has 0 bridgehead atoms. The topological polar surface area (TPSA) is 67.2 Å². The van der Waals surface area contributed by atoms with Gasteiger partial charge >= 0.3 is 0 Å². The minimum atomic E-state index is -0.362. The van der Waals surface area contributed by atoms with Crippen LogP contribution in [0.2, 0.25) is 0 Å². The number of aromatic nitrogens is 2. The summed E-state index contributed by atoms with van der Waals surface area (Å²) in [6, 6.07) is 24.4. The quantitative estimate of drug-likeness (QED) is 0.218. The van der Waals surface area contributed by atoms with Crippen molar-refractivity contribution in [2.75, 3.05) is 18.4 Å². The molecule has 8 heteroatoms. The molecule has 2 amide bonds. The summed E-state index contributed by atoms with van der Waals surface area (Å²) in [6.45, 7) is 2.46. The van der Waals surface area contributed by atoms with E-state index in [1.165, 1.54) is 12.1 Å². The lowest BCUT2D eigenvalue weighted by molar-refractivity contribution is -0.117. The fourth-order valence-corrected chi connectivity index (χ4v) is 4.36. The predicted octanol–water partition coefficient (Wildman–Crippen LogP) is 6.71. The molecule has 0 unspecified atom stereocenters. The molecule has 0 aliphatic heterocycles. The minimum Gasteiger partial charge on any atom is -0.329 e. The summed E-state index contributed by atoms with van der Waals surface area (Å²) in [5.41, 5.74) is 2.65. The molecular formula is C29H28BrFN4O2. The molecule has 0 saturated carbocycles. The van der Waals surface area contributed by atoms with E-state index in [4.69, 9.17) is 0 Å². The van der Waals surface area contributed by atoms with Crippen LogP contribution in [0, 0.1) is 5.82 Å². The fraction of sp³-hybridized carbons (Fsp3) is 0.207. The number of anilines is 1. The Bertz CT molecular complexity index is 1360. The SMILES string of the molecule is CCCCCN(CC(=O)Nc1cc(-c2ccccc2)nn1-c1ccc(F)cc1)C(=O)c1cccc(Br)c1. The molecule has 4 rings (SSSR count). The molecule has 0 atom stereocenters. The van der Waals surface area contributed by atoms with Gasteiger partial charge in [-0.05, 0) is 48.9 Å². The van der Waals surface area contributed by atoms with E-state index in [9.17, 15) is 14.0 Å². The minimum absolute atomic E-state index is 0.107. The molecule has 0 aliphatic rings. The zero-order valence-corrected chi connectivity index (χ0v) is 22.1. The Morgan fingerprint density at radius 2 is 1.73 bits per heavy atom. The molecule has 1 aromatic heterocycles. The number of hydrogen-bond donors (Lipinski definition) is 1. The molecule has 190 valence electrons. The van der Waals surface area contributed by atoms with Crippen LogP contribution in [0.4, 0.5) is 10.2 Å². The molecule has 37 heavy (non-hydrogen) atoms. The van der Waals surface area contributed by atoms with Gasteiger partial charge < -0.3 is 10.2 Å². The van der Waals surface area contributed by atoms with E-state index in [1.807, 2.05) is 36.4 Å². The second-order valence-corrected chi connectivity index (χ2v) is 9.58. The number of nitrogens with one attached hydrogen (secondary N) is 1. The van der Waals surface area contributed by atoms with Gasteiger partial charge in [-0.1, -0.05) is 72.1 Å². The van der Waals surface area contributed by atoms with Crippen LogP contribution >= 0.6 is 15.9 Å². The van der Waals surface area contributed by atoms with Gasteiger partial charge in [-0.15, -0.1) is 0 Å². The lowest BCUT2D eigenvalue weighted by Crippen LogP contribution is -2.39. The van der Waals surface area contributed by atoms with Gasteiger partial charge in [0.1, 0.15) is 18.2 Å². The third-order valence-corrected chi connectivity index (χ3v) is 6.34. The van der Waals surface area contributed by atoms with E-state index in [-0.39, 0.29) is 24.2 Å². The summed E-state index contributed by atoms with van der Waals surface area (Å²) in [5.74, 6) is -0.482. The Morgan fingerprint density at radius 3 is 2.43 bits per heavy atom. The van der Waals surface area contributed by atoms with E-state index in [0.717, 1.165) is 29.3 Å².